The van der Waals surface area contributed by atoms with Crippen molar-refractivity contribution in [3.8, 4) is 0 Å². The van der Waals surface area contributed by atoms with Gasteiger partial charge in [0.15, 0.2) is 5.82 Å². The molecule has 1 aromatic carbocycles. The Hall–Kier alpha value is -3.23. The molecular formula is C25H33FN6O2. The van der Waals surface area contributed by atoms with Crippen LogP contribution in [0.2, 0.25) is 0 Å². The molecule has 4 rings (SSSR count). The summed E-state index contributed by atoms with van der Waals surface area (Å²) in [6.07, 6.45) is 5.70. The van der Waals surface area contributed by atoms with Crippen molar-refractivity contribution in [3.63, 3.8) is 0 Å². The minimum absolute atomic E-state index is 0.194. The van der Waals surface area contributed by atoms with Crippen molar-refractivity contribution >= 4 is 22.8 Å². The van der Waals surface area contributed by atoms with Gasteiger partial charge >= 0.3 is 0 Å². The lowest BCUT2D eigenvalue weighted by molar-refractivity contribution is -0.119. The molecule has 2 atom stereocenters. The fourth-order valence-electron chi connectivity index (χ4n) is 4.96. The van der Waals surface area contributed by atoms with E-state index in [2.05, 4.69) is 32.6 Å². The van der Waals surface area contributed by atoms with E-state index in [1.807, 2.05) is 6.92 Å². The van der Waals surface area contributed by atoms with E-state index in [1.54, 1.807) is 36.0 Å². The fourth-order valence-corrected chi connectivity index (χ4v) is 4.96. The van der Waals surface area contributed by atoms with Gasteiger partial charge in [0.2, 0.25) is 5.91 Å². The van der Waals surface area contributed by atoms with Crippen molar-refractivity contribution in [2.24, 2.45) is 11.8 Å². The number of nitrogens with zero attached hydrogens (tertiary/aromatic N) is 3. The second-order valence-electron chi connectivity index (χ2n) is 9.41. The average Bonchev–Trinajstić information content (AvgIpc) is 3.45. The van der Waals surface area contributed by atoms with Crippen molar-refractivity contribution in [2.75, 3.05) is 0 Å². The van der Waals surface area contributed by atoms with Gasteiger partial charge in [-0.15, -0.1) is 0 Å². The first-order valence-corrected chi connectivity index (χ1v) is 12.1. The average molecular weight is 469 g/mol. The second kappa shape index (κ2) is 9.95. The molecule has 2 heterocycles. The number of H-pyrrole nitrogens is 1. The Balaban J connectivity index is 1.69. The highest BCUT2D eigenvalue weighted by Crippen LogP contribution is 2.37. The highest BCUT2D eigenvalue weighted by Gasteiger charge is 2.32. The van der Waals surface area contributed by atoms with Crippen LogP contribution >= 0.6 is 0 Å². The maximum atomic E-state index is 15.4. The number of carbonyl (C=O) groups excluding carboxylic acids is 2. The Kier molecular flexibility index (Phi) is 7.00. The number of aromatic amines is 1. The van der Waals surface area contributed by atoms with Gasteiger partial charge in [-0.3, -0.25) is 14.3 Å². The minimum atomic E-state index is -0.480. The van der Waals surface area contributed by atoms with E-state index in [-0.39, 0.29) is 29.3 Å². The molecule has 2 amide bonds. The number of benzene rings is 1. The third-order valence-electron chi connectivity index (χ3n) is 6.89. The number of carbonyl (C=O) groups is 2. The molecule has 0 radical (unpaired) electrons. The van der Waals surface area contributed by atoms with Crippen LogP contribution in [0.25, 0.3) is 11.0 Å². The second-order valence-corrected chi connectivity index (χ2v) is 9.41. The topological polar surface area (TPSA) is 105 Å². The van der Waals surface area contributed by atoms with E-state index >= 15 is 4.39 Å². The molecular weight excluding hydrogens is 435 g/mol. The van der Waals surface area contributed by atoms with Crippen molar-refractivity contribution in [3.05, 3.63) is 47.3 Å². The lowest BCUT2D eigenvalue weighted by atomic mass is 9.79. The standard InChI is InChI=1S/C25H33FN6O2/c1-5-32-20(12-13-27-32)25(34)31-22(17-8-6-14(2)7-9-17)24-29-19-11-10-18(15(3)28-16(4)33)21(26)23(19)30-24/h10-15,17,22H,5-9H2,1-4H3,(H,28,33)(H,29,30)(H,31,34)/t14-,15?,17-,22-/m0/s1. The fraction of sp³-hybridized carbons (Fsp3) is 0.520. The first-order chi connectivity index (χ1) is 16.3. The summed E-state index contributed by atoms with van der Waals surface area (Å²) in [6, 6.07) is 4.29. The minimum Gasteiger partial charge on any atom is -0.350 e. The Morgan fingerprint density at radius 1 is 1.21 bits per heavy atom. The summed E-state index contributed by atoms with van der Waals surface area (Å²) in [4.78, 5) is 32.5. The molecule has 9 heteroatoms. The van der Waals surface area contributed by atoms with Gasteiger partial charge in [0.05, 0.1) is 17.6 Å². The Morgan fingerprint density at radius 3 is 2.62 bits per heavy atom. The molecule has 34 heavy (non-hydrogen) atoms. The molecule has 1 saturated carbocycles. The largest absolute Gasteiger partial charge is 0.350 e. The molecule has 2 aromatic heterocycles. The van der Waals surface area contributed by atoms with Crippen LogP contribution in [0.15, 0.2) is 24.4 Å². The predicted molar refractivity (Wildman–Crippen MR) is 128 cm³/mol. The first-order valence-electron chi connectivity index (χ1n) is 12.1. The monoisotopic (exact) mass is 468 g/mol. The van der Waals surface area contributed by atoms with E-state index in [9.17, 15) is 9.59 Å². The summed E-state index contributed by atoms with van der Waals surface area (Å²) >= 11 is 0. The number of rotatable bonds is 7. The zero-order valence-electron chi connectivity index (χ0n) is 20.2. The quantitative estimate of drug-likeness (QED) is 0.478. The van der Waals surface area contributed by atoms with Gasteiger partial charge in [-0.1, -0.05) is 25.8 Å². The summed E-state index contributed by atoms with van der Waals surface area (Å²) in [5.74, 6) is 0.486. The normalized spacial score (nSPS) is 20.1. The van der Waals surface area contributed by atoms with Gasteiger partial charge in [-0.25, -0.2) is 9.37 Å². The molecule has 0 aliphatic heterocycles. The molecule has 3 N–H and O–H groups in total. The van der Waals surface area contributed by atoms with Gasteiger partial charge in [0.1, 0.15) is 17.0 Å². The predicted octanol–water partition coefficient (Wildman–Crippen LogP) is 4.41. The molecule has 1 aliphatic rings. The third kappa shape index (κ3) is 4.83. The smallest absolute Gasteiger partial charge is 0.270 e. The number of amides is 2. The maximum absolute atomic E-state index is 15.4. The van der Waals surface area contributed by atoms with Gasteiger partial charge in [0.25, 0.3) is 5.91 Å². The van der Waals surface area contributed by atoms with Crippen LogP contribution in [0.3, 0.4) is 0 Å². The summed E-state index contributed by atoms with van der Waals surface area (Å²) in [6.45, 7) is 7.92. The molecule has 0 spiro atoms. The Labute approximate surface area is 198 Å². The molecule has 1 unspecified atom stereocenters. The number of aromatic nitrogens is 4. The van der Waals surface area contributed by atoms with Crippen molar-refractivity contribution < 1.29 is 14.0 Å². The van der Waals surface area contributed by atoms with Crippen LogP contribution in [0.1, 0.15) is 87.3 Å². The zero-order valence-corrected chi connectivity index (χ0v) is 20.2. The van der Waals surface area contributed by atoms with Crippen molar-refractivity contribution in [2.45, 2.75) is 72.0 Å². The molecule has 8 nitrogen and oxygen atoms in total. The molecule has 1 fully saturated rings. The van der Waals surface area contributed by atoms with E-state index < -0.39 is 11.9 Å². The van der Waals surface area contributed by atoms with Gasteiger partial charge in [0, 0.05) is 25.2 Å². The number of hydrogen-bond donors (Lipinski definition) is 3. The number of halogens is 1. The van der Waals surface area contributed by atoms with Gasteiger partial charge < -0.3 is 15.6 Å². The highest BCUT2D eigenvalue weighted by atomic mass is 19.1. The van der Waals surface area contributed by atoms with Gasteiger partial charge in [-0.05, 0) is 50.7 Å². The summed E-state index contributed by atoms with van der Waals surface area (Å²) in [5.41, 5.74) is 1.64. The molecule has 1 aliphatic carbocycles. The lowest BCUT2D eigenvalue weighted by Crippen LogP contribution is -2.36. The molecule has 182 valence electrons. The van der Waals surface area contributed by atoms with Crippen LogP contribution in [0.5, 0.6) is 0 Å². The molecule has 3 aromatic rings. The number of aryl methyl sites for hydroxylation is 1. The Bertz CT molecular complexity index is 1180. The van der Waals surface area contributed by atoms with E-state index in [0.717, 1.165) is 25.7 Å². The summed E-state index contributed by atoms with van der Waals surface area (Å²) < 4.78 is 17.0. The molecule has 0 bridgehead atoms. The number of imidazole rings is 1. The van der Waals surface area contributed by atoms with Crippen LogP contribution in [-0.2, 0) is 11.3 Å². The van der Waals surface area contributed by atoms with Crippen LogP contribution in [0.4, 0.5) is 4.39 Å². The van der Waals surface area contributed by atoms with Gasteiger partial charge in [-0.2, -0.15) is 5.10 Å². The SMILES string of the molecule is CCn1nccc1C(=O)N[C@H](c1nc2c(F)c(C(C)NC(C)=O)ccc2[nH]1)[C@H]1CC[C@H](C)CC1. The lowest BCUT2D eigenvalue weighted by Gasteiger charge is -2.32. The molecule has 0 saturated heterocycles. The number of nitrogens with one attached hydrogen (secondary N) is 3. The van der Waals surface area contributed by atoms with Crippen molar-refractivity contribution in [1.29, 1.82) is 0 Å². The van der Waals surface area contributed by atoms with Crippen LogP contribution in [-0.4, -0.2) is 31.6 Å². The maximum Gasteiger partial charge on any atom is 0.270 e. The van der Waals surface area contributed by atoms with E-state index in [0.29, 0.717) is 35.1 Å². The number of fused-ring (bicyclic) bond motifs is 1. The van der Waals surface area contributed by atoms with Crippen LogP contribution < -0.4 is 10.6 Å². The van der Waals surface area contributed by atoms with E-state index in [1.165, 1.54) is 6.92 Å². The number of hydrogen-bond acceptors (Lipinski definition) is 4. The van der Waals surface area contributed by atoms with Crippen molar-refractivity contribution in [1.82, 2.24) is 30.4 Å². The van der Waals surface area contributed by atoms with E-state index in [4.69, 9.17) is 0 Å². The highest BCUT2D eigenvalue weighted by molar-refractivity contribution is 5.92. The summed E-state index contributed by atoms with van der Waals surface area (Å²) in [7, 11) is 0. The third-order valence-corrected chi connectivity index (χ3v) is 6.89. The zero-order chi connectivity index (χ0) is 24.4. The summed E-state index contributed by atoms with van der Waals surface area (Å²) in [5, 5.41) is 10.1. The first kappa shape index (κ1) is 23.9. The van der Waals surface area contributed by atoms with Crippen LogP contribution in [0, 0.1) is 17.7 Å². The Morgan fingerprint density at radius 2 is 1.94 bits per heavy atom.